The highest BCUT2D eigenvalue weighted by Crippen LogP contribution is 2.01. The maximum Gasteiger partial charge on any atom is 0.242 e. The van der Waals surface area contributed by atoms with Gasteiger partial charge in [0.15, 0.2) is 0 Å². The van der Waals surface area contributed by atoms with Gasteiger partial charge in [-0.25, -0.2) is 0 Å². The first-order chi connectivity index (χ1) is 9.31. The van der Waals surface area contributed by atoms with E-state index < -0.39 is 6.04 Å². The first-order valence-corrected chi connectivity index (χ1v) is 6.56. The first kappa shape index (κ1) is 16.2. The number of hydrogen-bond donors (Lipinski definition) is 2. The fourth-order valence-electron chi connectivity index (χ4n) is 1.63. The van der Waals surface area contributed by atoms with Gasteiger partial charge in [0.2, 0.25) is 11.8 Å². The fourth-order valence-corrected chi connectivity index (χ4v) is 1.63. The Bertz CT molecular complexity index is 469. The number of hydrogen-bond acceptors (Lipinski definition) is 4. The average molecular weight is 281 g/mol. The van der Waals surface area contributed by atoms with Gasteiger partial charge in [-0.1, -0.05) is 13.8 Å². The number of rotatable bonds is 6. The van der Waals surface area contributed by atoms with E-state index in [1.165, 1.54) is 4.90 Å². The van der Waals surface area contributed by atoms with Gasteiger partial charge in [0.05, 0.1) is 18.8 Å². The van der Waals surface area contributed by atoms with Crippen molar-refractivity contribution >= 4 is 11.8 Å². The summed E-state index contributed by atoms with van der Waals surface area (Å²) in [5.41, 5.74) is 6.64. The lowest BCUT2D eigenvalue weighted by atomic mass is 10.1. The molecule has 0 spiro atoms. The van der Waals surface area contributed by atoms with E-state index in [0.29, 0.717) is 6.54 Å². The Kier molecular flexibility index (Phi) is 5.69. The summed E-state index contributed by atoms with van der Waals surface area (Å²) >= 11 is 0. The largest absolute Gasteiger partial charge is 0.346 e. The molecule has 3 N–H and O–H groups in total. The van der Waals surface area contributed by atoms with Crippen molar-refractivity contribution in [1.29, 1.82) is 0 Å². The third kappa shape index (κ3) is 4.65. The molecule has 0 bridgehead atoms. The minimum atomic E-state index is -0.591. The van der Waals surface area contributed by atoms with E-state index in [1.54, 1.807) is 17.9 Å². The van der Waals surface area contributed by atoms with Crippen LogP contribution < -0.4 is 11.1 Å². The third-order valence-electron chi connectivity index (χ3n) is 3.04. The number of nitrogens with one attached hydrogen (secondary N) is 1. The molecule has 1 aromatic rings. The molecule has 0 unspecified atom stereocenters. The van der Waals surface area contributed by atoms with E-state index >= 15 is 0 Å². The van der Waals surface area contributed by atoms with Gasteiger partial charge in [0.25, 0.3) is 0 Å². The van der Waals surface area contributed by atoms with E-state index in [0.717, 1.165) is 5.56 Å². The first-order valence-electron chi connectivity index (χ1n) is 6.56. The van der Waals surface area contributed by atoms with E-state index in [1.807, 2.05) is 27.1 Å². The van der Waals surface area contributed by atoms with E-state index in [-0.39, 0.29) is 24.3 Å². The second-order valence-electron chi connectivity index (χ2n) is 5.26. The number of nitrogens with two attached hydrogens (primary N) is 1. The van der Waals surface area contributed by atoms with E-state index in [9.17, 15) is 9.59 Å². The molecule has 1 aromatic heterocycles. The van der Waals surface area contributed by atoms with Crippen LogP contribution in [-0.2, 0) is 23.2 Å². The highest BCUT2D eigenvalue weighted by atomic mass is 16.2. The Morgan fingerprint density at radius 1 is 1.50 bits per heavy atom. The van der Waals surface area contributed by atoms with Gasteiger partial charge in [0.1, 0.15) is 0 Å². The molecule has 0 aliphatic rings. The Morgan fingerprint density at radius 2 is 2.15 bits per heavy atom. The van der Waals surface area contributed by atoms with Crippen molar-refractivity contribution < 1.29 is 9.59 Å². The topological polar surface area (TPSA) is 93.2 Å². The molecule has 0 saturated heterocycles. The van der Waals surface area contributed by atoms with Crippen molar-refractivity contribution in [2.24, 2.45) is 18.7 Å². The normalized spacial score (nSPS) is 12.3. The molecule has 0 aliphatic heterocycles. The number of likely N-dealkylation sites (N-methyl/N-ethyl adjacent to an activating group) is 1. The molecule has 7 nitrogen and oxygen atoms in total. The van der Waals surface area contributed by atoms with Crippen LogP contribution in [0.25, 0.3) is 0 Å². The number of aryl methyl sites for hydroxylation is 1. The summed E-state index contributed by atoms with van der Waals surface area (Å²) < 4.78 is 1.68. The van der Waals surface area contributed by atoms with Gasteiger partial charge in [-0.15, -0.1) is 0 Å². The Hall–Kier alpha value is -1.89. The van der Waals surface area contributed by atoms with Crippen LogP contribution in [-0.4, -0.2) is 46.1 Å². The Morgan fingerprint density at radius 3 is 2.65 bits per heavy atom. The molecule has 1 atom stereocenters. The van der Waals surface area contributed by atoms with Crippen LogP contribution in [0.15, 0.2) is 12.4 Å². The number of carbonyl (C=O) groups excluding carboxylic acids is 2. The summed E-state index contributed by atoms with van der Waals surface area (Å²) in [5, 5.41) is 6.60. The standard InChI is InChI=1S/C13H23N5O2/c1-9(2)12(14)13(20)15-6-11(19)17(3)7-10-5-16-18(4)8-10/h5,8-9,12H,6-7,14H2,1-4H3,(H,15,20)/t12-/m0/s1. The zero-order chi connectivity index (χ0) is 15.3. The summed E-state index contributed by atoms with van der Waals surface area (Å²) in [6.45, 7) is 4.13. The molecule has 0 fully saturated rings. The van der Waals surface area contributed by atoms with Crippen LogP contribution in [0.2, 0.25) is 0 Å². The van der Waals surface area contributed by atoms with Crippen molar-refractivity contribution in [2.75, 3.05) is 13.6 Å². The van der Waals surface area contributed by atoms with Gasteiger partial charge < -0.3 is 16.0 Å². The molecule has 7 heteroatoms. The summed E-state index contributed by atoms with van der Waals surface area (Å²) in [6.07, 6.45) is 3.55. The predicted octanol–water partition coefficient (Wildman–Crippen LogP) is -0.522. The monoisotopic (exact) mass is 281 g/mol. The molecule has 2 amide bonds. The van der Waals surface area contributed by atoms with Crippen molar-refractivity contribution in [3.63, 3.8) is 0 Å². The minimum Gasteiger partial charge on any atom is -0.346 e. The predicted molar refractivity (Wildman–Crippen MR) is 75.5 cm³/mol. The molecule has 112 valence electrons. The van der Waals surface area contributed by atoms with Gasteiger partial charge >= 0.3 is 0 Å². The Labute approximate surface area is 119 Å². The molecule has 20 heavy (non-hydrogen) atoms. The lowest BCUT2D eigenvalue weighted by Crippen LogP contribution is -2.47. The molecule has 1 rings (SSSR count). The van der Waals surface area contributed by atoms with Gasteiger partial charge in [-0.3, -0.25) is 14.3 Å². The summed E-state index contributed by atoms with van der Waals surface area (Å²) in [4.78, 5) is 25.1. The second kappa shape index (κ2) is 7.04. The number of aromatic nitrogens is 2. The highest BCUT2D eigenvalue weighted by Gasteiger charge is 2.18. The molecular weight excluding hydrogens is 258 g/mol. The summed E-state index contributed by atoms with van der Waals surface area (Å²) in [6, 6.07) is -0.591. The van der Waals surface area contributed by atoms with E-state index in [2.05, 4.69) is 10.4 Å². The van der Waals surface area contributed by atoms with Crippen LogP contribution in [0.5, 0.6) is 0 Å². The van der Waals surface area contributed by atoms with Crippen LogP contribution in [0, 0.1) is 5.92 Å². The third-order valence-corrected chi connectivity index (χ3v) is 3.04. The van der Waals surface area contributed by atoms with Crippen LogP contribution >= 0.6 is 0 Å². The van der Waals surface area contributed by atoms with Crippen LogP contribution in [0.1, 0.15) is 19.4 Å². The van der Waals surface area contributed by atoms with E-state index in [4.69, 9.17) is 5.73 Å². The lowest BCUT2D eigenvalue weighted by molar-refractivity contribution is -0.132. The maximum absolute atomic E-state index is 11.9. The minimum absolute atomic E-state index is 0.0400. The van der Waals surface area contributed by atoms with Crippen molar-refractivity contribution in [2.45, 2.75) is 26.4 Å². The number of carbonyl (C=O) groups is 2. The smallest absolute Gasteiger partial charge is 0.242 e. The van der Waals surface area contributed by atoms with Crippen molar-refractivity contribution in [3.8, 4) is 0 Å². The second-order valence-corrected chi connectivity index (χ2v) is 5.26. The van der Waals surface area contributed by atoms with Gasteiger partial charge in [-0.2, -0.15) is 5.10 Å². The zero-order valence-electron chi connectivity index (χ0n) is 12.5. The van der Waals surface area contributed by atoms with Crippen molar-refractivity contribution in [3.05, 3.63) is 18.0 Å². The number of amides is 2. The number of nitrogens with zero attached hydrogens (tertiary/aromatic N) is 3. The van der Waals surface area contributed by atoms with Gasteiger partial charge in [-0.05, 0) is 5.92 Å². The molecule has 0 aliphatic carbocycles. The summed E-state index contributed by atoms with van der Waals surface area (Å²) in [7, 11) is 3.50. The van der Waals surface area contributed by atoms with Crippen LogP contribution in [0.4, 0.5) is 0 Å². The summed E-state index contributed by atoms with van der Waals surface area (Å²) in [5.74, 6) is -0.431. The van der Waals surface area contributed by atoms with Crippen LogP contribution in [0.3, 0.4) is 0 Å². The van der Waals surface area contributed by atoms with Gasteiger partial charge in [0, 0.05) is 32.4 Å². The van der Waals surface area contributed by atoms with Crippen molar-refractivity contribution in [1.82, 2.24) is 20.0 Å². The molecule has 0 saturated carbocycles. The fraction of sp³-hybridized carbons (Fsp3) is 0.615. The Balaban J connectivity index is 2.40. The molecule has 0 aromatic carbocycles. The quantitative estimate of drug-likeness (QED) is 0.733. The molecular formula is C13H23N5O2. The molecule has 1 heterocycles. The zero-order valence-corrected chi connectivity index (χ0v) is 12.5. The highest BCUT2D eigenvalue weighted by molar-refractivity contribution is 5.87. The SMILES string of the molecule is CC(C)[C@H](N)C(=O)NCC(=O)N(C)Cc1cnn(C)c1. The average Bonchev–Trinajstić information content (AvgIpc) is 2.79. The molecule has 0 radical (unpaired) electrons. The maximum atomic E-state index is 11.9. The lowest BCUT2D eigenvalue weighted by Gasteiger charge is -2.19.